The van der Waals surface area contributed by atoms with E-state index < -0.39 is 0 Å². The number of urea groups is 1. The summed E-state index contributed by atoms with van der Waals surface area (Å²) in [6, 6.07) is 9.57. The molecule has 3 aromatic heterocycles. The fourth-order valence-electron chi connectivity index (χ4n) is 4.20. The minimum absolute atomic E-state index is 0.0185. The lowest BCUT2D eigenvalue weighted by molar-refractivity contribution is 0.166. The van der Waals surface area contributed by atoms with Crippen LogP contribution in [0.15, 0.2) is 42.7 Å². The minimum Gasteiger partial charge on any atom is -0.495 e. The van der Waals surface area contributed by atoms with E-state index in [4.69, 9.17) is 26.3 Å². The molecule has 5 rings (SSSR count). The zero-order valence-corrected chi connectivity index (χ0v) is 21.3. The number of ether oxygens (including phenoxy) is 1. The van der Waals surface area contributed by atoms with E-state index >= 15 is 0 Å². The van der Waals surface area contributed by atoms with E-state index in [1.165, 1.54) is 5.56 Å². The Morgan fingerprint density at radius 1 is 1.29 bits per heavy atom. The van der Waals surface area contributed by atoms with Crippen molar-refractivity contribution in [2.75, 3.05) is 33.1 Å². The van der Waals surface area contributed by atoms with Gasteiger partial charge in [0.2, 0.25) is 0 Å². The molecule has 1 aliphatic heterocycles. The quantitative estimate of drug-likeness (QED) is 0.405. The Morgan fingerprint density at radius 2 is 2.14 bits per heavy atom. The number of nitrogens with zero attached hydrogens (tertiary/aromatic N) is 5. The predicted octanol–water partition coefficient (Wildman–Crippen LogP) is 5.07. The van der Waals surface area contributed by atoms with E-state index in [9.17, 15) is 4.79 Å². The van der Waals surface area contributed by atoms with E-state index in [0.29, 0.717) is 36.2 Å². The van der Waals surface area contributed by atoms with Crippen LogP contribution in [0.5, 0.6) is 5.75 Å². The molecule has 1 aromatic carbocycles. The van der Waals surface area contributed by atoms with Gasteiger partial charge in [-0.05, 0) is 41.8 Å². The van der Waals surface area contributed by atoms with Crippen molar-refractivity contribution < 1.29 is 9.53 Å². The SMILES string of the molecule is COc1ccc(CNc2nc(-c3cccnc3)nc3sc4c(c23)CCN(C(=O)N(C)C)C4)cc1Cl. The third-order valence-electron chi connectivity index (χ3n) is 5.95. The van der Waals surface area contributed by atoms with Crippen LogP contribution in [0.2, 0.25) is 5.02 Å². The summed E-state index contributed by atoms with van der Waals surface area (Å²) in [6.45, 7) is 1.77. The highest BCUT2D eigenvalue weighted by molar-refractivity contribution is 7.19. The van der Waals surface area contributed by atoms with Crippen molar-refractivity contribution >= 4 is 45.0 Å². The van der Waals surface area contributed by atoms with Crippen molar-refractivity contribution in [1.82, 2.24) is 24.8 Å². The van der Waals surface area contributed by atoms with E-state index in [1.54, 1.807) is 49.8 Å². The summed E-state index contributed by atoms with van der Waals surface area (Å²) in [5, 5.41) is 5.10. The molecule has 4 heterocycles. The third kappa shape index (κ3) is 4.61. The number of pyridine rings is 1. The summed E-state index contributed by atoms with van der Waals surface area (Å²) in [6.07, 6.45) is 4.25. The minimum atomic E-state index is 0.0185. The van der Waals surface area contributed by atoms with E-state index in [0.717, 1.165) is 38.5 Å². The summed E-state index contributed by atoms with van der Waals surface area (Å²) < 4.78 is 5.27. The molecule has 1 aliphatic rings. The molecule has 0 aliphatic carbocycles. The fraction of sp³-hybridized carbons (Fsp3) is 0.280. The highest BCUT2D eigenvalue weighted by atomic mass is 35.5. The number of fused-ring (bicyclic) bond motifs is 3. The second-order valence-electron chi connectivity index (χ2n) is 8.49. The van der Waals surface area contributed by atoms with Crippen molar-refractivity contribution in [3.63, 3.8) is 0 Å². The normalized spacial score (nSPS) is 13.0. The summed E-state index contributed by atoms with van der Waals surface area (Å²) in [5.41, 5.74) is 3.07. The number of carbonyl (C=O) groups excluding carboxylic acids is 1. The first-order chi connectivity index (χ1) is 16.9. The number of hydrogen-bond donors (Lipinski definition) is 1. The van der Waals surface area contributed by atoms with E-state index in [2.05, 4.69) is 10.3 Å². The molecule has 0 saturated carbocycles. The Bertz CT molecular complexity index is 1390. The fourth-order valence-corrected chi connectivity index (χ4v) is 5.71. The summed E-state index contributed by atoms with van der Waals surface area (Å²) in [7, 11) is 5.16. The zero-order chi connectivity index (χ0) is 24.5. The van der Waals surface area contributed by atoms with Crippen molar-refractivity contribution in [3.8, 4) is 17.1 Å². The predicted molar refractivity (Wildman–Crippen MR) is 139 cm³/mol. The molecule has 0 spiro atoms. The van der Waals surface area contributed by atoms with Crippen LogP contribution < -0.4 is 10.1 Å². The number of amides is 2. The molecule has 2 amide bonds. The average molecular weight is 509 g/mol. The number of rotatable bonds is 5. The molecule has 0 bridgehead atoms. The third-order valence-corrected chi connectivity index (χ3v) is 7.36. The topological polar surface area (TPSA) is 83.5 Å². The van der Waals surface area contributed by atoms with Crippen LogP contribution in [-0.2, 0) is 19.5 Å². The molecular weight excluding hydrogens is 484 g/mol. The molecule has 0 fully saturated rings. The number of aromatic nitrogens is 3. The van der Waals surface area contributed by atoms with Crippen LogP contribution in [0.4, 0.5) is 10.6 Å². The molecular formula is C25H25ClN6O2S. The second-order valence-corrected chi connectivity index (χ2v) is 9.98. The number of nitrogens with one attached hydrogen (secondary N) is 1. The van der Waals surface area contributed by atoms with Gasteiger partial charge in [-0.25, -0.2) is 14.8 Å². The smallest absolute Gasteiger partial charge is 0.319 e. The van der Waals surface area contributed by atoms with Gasteiger partial charge >= 0.3 is 6.03 Å². The number of thiophene rings is 1. The van der Waals surface area contributed by atoms with Crippen LogP contribution >= 0.6 is 22.9 Å². The molecule has 1 N–H and O–H groups in total. The maximum atomic E-state index is 12.6. The number of carbonyl (C=O) groups is 1. The molecule has 180 valence electrons. The average Bonchev–Trinajstić information content (AvgIpc) is 3.25. The Balaban J connectivity index is 1.54. The van der Waals surface area contributed by atoms with Crippen LogP contribution in [0.1, 0.15) is 16.0 Å². The van der Waals surface area contributed by atoms with Crippen molar-refractivity contribution in [3.05, 3.63) is 63.8 Å². The second kappa shape index (κ2) is 9.67. The van der Waals surface area contributed by atoms with Crippen LogP contribution in [0.3, 0.4) is 0 Å². The lowest BCUT2D eigenvalue weighted by Crippen LogP contribution is -2.41. The van der Waals surface area contributed by atoms with E-state index in [-0.39, 0.29) is 6.03 Å². The first-order valence-corrected chi connectivity index (χ1v) is 12.4. The monoisotopic (exact) mass is 508 g/mol. The lowest BCUT2D eigenvalue weighted by atomic mass is 10.0. The van der Waals surface area contributed by atoms with Gasteiger partial charge in [0.1, 0.15) is 16.4 Å². The van der Waals surface area contributed by atoms with Crippen LogP contribution in [-0.4, -0.2) is 58.5 Å². The van der Waals surface area contributed by atoms with E-state index in [1.807, 2.05) is 35.2 Å². The molecule has 4 aromatic rings. The van der Waals surface area contributed by atoms with Gasteiger partial charge in [0, 0.05) is 50.0 Å². The number of methoxy groups -OCH3 is 1. The Morgan fingerprint density at radius 3 is 2.86 bits per heavy atom. The molecule has 8 nitrogen and oxygen atoms in total. The standard InChI is InChI=1S/C25H25ClN6O2S/c1-31(2)25(33)32-10-8-17-20(14-32)35-24-21(17)23(29-22(30-24)16-5-4-9-27-13-16)28-12-15-6-7-19(34-3)18(26)11-15/h4-7,9,11,13H,8,10,12,14H2,1-3H3,(H,28,29,30). The molecule has 0 unspecified atom stereocenters. The zero-order valence-electron chi connectivity index (χ0n) is 19.7. The van der Waals surface area contributed by atoms with Crippen molar-refractivity contribution in [1.29, 1.82) is 0 Å². The van der Waals surface area contributed by atoms with Gasteiger partial charge in [-0.2, -0.15) is 0 Å². The molecule has 0 saturated heterocycles. The van der Waals surface area contributed by atoms with Crippen LogP contribution in [0, 0.1) is 0 Å². The lowest BCUT2D eigenvalue weighted by Gasteiger charge is -2.29. The highest BCUT2D eigenvalue weighted by Crippen LogP contribution is 2.39. The van der Waals surface area contributed by atoms with Crippen LogP contribution in [0.25, 0.3) is 21.6 Å². The Labute approximate surface area is 212 Å². The van der Waals surface area contributed by atoms with Gasteiger partial charge in [-0.15, -0.1) is 11.3 Å². The van der Waals surface area contributed by atoms with Crippen molar-refractivity contribution in [2.45, 2.75) is 19.5 Å². The molecule has 0 radical (unpaired) electrons. The summed E-state index contributed by atoms with van der Waals surface area (Å²) in [5.74, 6) is 2.02. The summed E-state index contributed by atoms with van der Waals surface area (Å²) in [4.78, 5) is 32.1. The Hall–Kier alpha value is -3.43. The Kier molecular flexibility index (Phi) is 6.44. The molecule has 0 atom stereocenters. The van der Waals surface area contributed by atoms with Gasteiger partial charge in [-0.3, -0.25) is 4.98 Å². The largest absolute Gasteiger partial charge is 0.495 e. The highest BCUT2D eigenvalue weighted by Gasteiger charge is 2.27. The van der Waals surface area contributed by atoms with Gasteiger partial charge in [0.05, 0.1) is 24.1 Å². The van der Waals surface area contributed by atoms with Gasteiger partial charge in [-0.1, -0.05) is 17.7 Å². The maximum absolute atomic E-state index is 12.6. The number of halogens is 1. The molecule has 10 heteroatoms. The first kappa shape index (κ1) is 23.3. The van der Waals surface area contributed by atoms with Gasteiger partial charge in [0.15, 0.2) is 5.82 Å². The maximum Gasteiger partial charge on any atom is 0.319 e. The number of anilines is 1. The summed E-state index contributed by atoms with van der Waals surface area (Å²) >= 11 is 7.95. The number of benzene rings is 1. The first-order valence-electron chi connectivity index (χ1n) is 11.2. The van der Waals surface area contributed by atoms with Gasteiger partial charge < -0.3 is 19.9 Å². The number of hydrogen-bond acceptors (Lipinski definition) is 7. The van der Waals surface area contributed by atoms with Crippen molar-refractivity contribution in [2.24, 2.45) is 0 Å². The van der Waals surface area contributed by atoms with Gasteiger partial charge in [0.25, 0.3) is 0 Å². The molecule has 35 heavy (non-hydrogen) atoms.